The van der Waals surface area contributed by atoms with Gasteiger partial charge in [-0.2, -0.15) is 0 Å². The topological polar surface area (TPSA) is 26.3 Å². The van der Waals surface area contributed by atoms with Crippen LogP contribution in [0.2, 0.25) is 0 Å². The normalized spacial score (nSPS) is 21.9. The van der Waals surface area contributed by atoms with E-state index in [0.717, 1.165) is 5.57 Å². The minimum Gasteiger partial charge on any atom is -0.467 e. The molecule has 92 valence electrons. The summed E-state index contributed by atoms with van der Waals surface area (Å²) in [6.45, 7) is 6.65. The van der Waals surface area contributed by atoms with Crippen molar-refractivity contribution in [2.45, 2.75) is 12.8 Å². The minimum atomic E-state index is 0.107. The summed E-state index contributed by atoms with van der Waals surface area (Å²) in [5.74, 6) is 0.107. The number of ether oxygens (including phenoxy) is 1. The van der Waals surface area contributed by atoms with E-state index in [9.17, 15) is 4.79 Å². The Hall–Kier alpha value is -2.09. The summed E-state index contributed by atoms with van der Waals surface area (Å²) in [5.41, 5.74) is 4.79. The Labute approximate surface area is 107 Å². The molecule has 2 nitrogen and oxygen atoms in total. The predicted octanol–water partition coefficient (Wildman–Crippen LogP) is 3.47. The molecule has 0 saturated heterocycles. The molecule has 1 atom stereocenters. The van der Waals surface area contributed by atoms with Gasteiger partial charge in [-0.05, 0) is 29.2 Å². The van der Waals surface area contributed by atoms with Gasteiger partial charge in [-0.15, -0.1) is 0 Å². The van der Waals surface area contributed by atoms with E-state index < -0.39 is 0 Å². The van der Waals surface area contributed by atoms with E-state index in [2.05, 4.69) is 24.8 Å². The van der Waals surface area contributed by atoms with Crippen molar-refractivity contribution in [2.75, 3.05) is 6.61 Å². The maximum atomic E-state index is 10.4. The quantitative estimate of drug-likeness (QED) is 0.753. The molecule has 0 saturated carbocycles. The van der Waals surface area contributed by atoms with Gasteiger partial charge in [0.05, 0.1) is 0 Å². The van der Waals surface area contributed by atoms with Crippen molar-refractivity contribution >= 4 is 12.0 Å². The molecule has 0 bridgehead atoms. The highest BCUT2D eigenvalue weighted by Crippen LogP contribution is 2.45. The van der Waals surface area contributed by atoms with Crippen molar-refractivity contribution in [1.82, 2.24) is 0 Å². The standard InChI is InChI=1S/C16H16O2/c1-3-7-13-12(4-2)14-8-5-6-9-15(14)16(13)10-18-11-17/h3-9,11,16H,1,10H2,2H3/b12-4+,13-7+. The Morgan fingerprint density at radius 3 is 2.83 bits per heavy atom. The number of allylic oxidation sites excluding steroid dienone is 4. The zero-order valence-corrected chi connectivity index (χ0v) is 10.4. The molecule has 18 heavy (non-hydrogen) atoms. The van der Waals surface area contributed by atoms with Crippen molar-refractivity contribution in [3.63, 3.8) is 0 Å². The second-order valence-corrected chi connectivity index (χ2v) is 4.13. The van der Waals surface area contributed by atoms with E-state index in [1.807, 2.05) is 25.1 Å². The van der Waals surface area contributed by atoms with Crippen molar-refractivity contribution in [1.29, 1.82) is 0 Å². The molecule has 1 aromatic carbocycles. The lowest BCUT2D eigenvalue weighted by atomic mass is 9.97. The van der Waals surface area contributed by atoms with Gasteiger partial charge in [0.1, 0.15) is 6.61 Å². The first-order valence-corrected chi connectivity index (χ1v) is 5.97. The molecule has 1 unspecified atom stereocenters. The van der Waals surface area contributed by atoms with E-state index in [1.165, 1.54) is 16.7 Å². The fraction of sp³-hybridized carbons (Fsp3) is 0.188. The zero-order valence-electron chi connectivity index (χ0n) is 10.4. The van der Waals surface area contributed by atoms with Crippen LogP contribution in [0, 0.1) is 0 Å². The van der Waals surface area contributed by atoms with Crippen LogP contribution < -0.4 is 0 Å². The van der Waals surface area contributed by atoms with Gasteiger partial charge in [-0.25, -0.2) is 0 Å². The molecule has 0 heterocycles. The molecule has 0 amide bonds. The molecule has 0 N–H and O–H groups in total. The summed E-state index contributed by atoms with van der Waals surface area (Å²) in [5, 5.41) is 0. The Kier molecular flexibility index (Phi) is 3.78. The molecule has 1 aliphatic rings. The zero-order chi connectivity index (χ0) is 13.0. The number of hydrogen-bond acceptors (Lipinski definition) is 2. The van der Waals surface area contributed by atoms with E-state index in [4.69, 9.17) is 4.74 Å². The van der Waals surface area contributed by atoms with Crippen molar-refractivity contribution in [2.24, 2.45) is 0 Å². The molecule has 2 rings (SSSR count). The summed E-state index contributed by atoms with van der Waals surface area (Å²) in [6, 6.07) is 8.22. The molecule has 0 radical (unpaired) electrons. The third-order valence-corrected chi connectivity index (χ3v) is 3.23. The molecule has 0 spiro atoms. The maximum absolute atomic E-state index is 10.4. The molecule has 0 aromatic heterocycles. The van der Waals surface area contributed by atoms with Crippen LogP contribution in [0.25, 0.3) is 5.57 Å². The smallest absolute Gasteiger partial charge is 0.293 e. The molecule has 0 fully saturated rings. The molecule has 2 heteroatoms. The fourth-order valence-corrected chi connectivity index (χ4v) is 2.53. The SMILES string of the molecule is C=C/C=C1\C(=C/C)c2ccccc2C1COC=O. The van der Waals surface area contributed by atoms with Crippen LogP contribution in [0.1, 0.15) is 24.0 Å². The lowest BCUT2D eigenvalue weighted by Gasteiger charge is -2.12. The van der Waals surface area contributed by atoms with Crippen LogP contribution in [0.15, 0.2) is 54.6 Å². The molecule has 0 aliphatic heterocycles. The highest BCUT2D eigenvalue weighted by Gasteiger charge is 2.30. The van der Waals surface area contributed by atoms with Crippen LogP contribution in [0.5, 0.6) is 0 Å². The van der Waals surface area contributed by atoms with Crippen molar-refractivity contribution in [3.8, 4) is 0 Å². The lowest BCUT2D eigenvalue weighted by Crippen LogP contribution is -2.05. The number of fused-ring (bicyclic) bond motifs is 1. The third kappa shape index (κ3) is 2.02. The number of benzene rings is 1. The second kappa shape index (κ2) is 5.50. The summed E-state index contributed by atoms with van der Waals surface area (Å²) >= 11 is 0. The summed E-state index contributed by atoms with van der Waals surface area (Å²) < 4.78 is 4.96. The first-order valence-electron chi connectivity index (χ1n) is 5.97. The highest BCUT2D eigenvalue weighted by molar-refractivity contribution is 5.88. The summed E-state index contributed by atoms with van der Waals surface area (Å²) in [6.07, 6.45) is 5.86. The number of carbonyl (C=O) groups is 1. The summed E-state index contributed by atoms with van der Waals surface area (Å²) in [7, 11) is 0. The third-order valence-electron chi connectivity index (χ3n) is 3.23. The van der Waals surface area contributed by atoms with E-state index in [0.29, 0.717) is 13.1 Å². The van der Waals surface area contributed by atoms with Crippen LogP contribution in [0.3, 0.4) is 0 Å². The van der Waals surface area contributed by atoms with E-state index in [1.54, 1.807) is 6.08 Å². The average molecular weight is 240 g/mol. The molecular formula is C16H16O2. The largest absolute Gasteiger partial charge is 0.467 e. The monoisotopic (exact) mass is 240 g/mol. The summed E-state index contributed by atoms with van der Waals surface area (Å²) in [4.78, 5) is 10.4. The van der Waals surface area contributed by atoms with Gasteiger partial charge in [-0.3, -0.25) is 4.79 Å². The number of rotatable bonds is 4. The van der Waals surface area contributed by atoms with Gasteiger partial charge >= 0.3 is 0 Å². The predicted molar refractivity (Wildman–Crippen MR) is 73.1 cm³/mol. The van der Waals surface area contributed by atoms with Gasteiger partial charge in [0, 0.05) is 5.92 Å². The fourth-order valence-electron chi connectivity index (χ4n) is 2.53. The Balaban J connectivity index is 2.51. The Morgan fingerprint density at radius 1 is 1.39 bits per heavy atom. The average Bonchev–Trinajstić information content (AvgIpc) is 2.70. The van der Waals surface area contributed by atoms with Gasteiger partial charge in [-0.1, -0.05) is 49.1 Å². The maximum Gasteiger partial charge on any atom is 0.293 e. The molecular weight excluding hydrogens is 224 g/mol. The van der Waals surface area contributed by atoms with Gasteiger partial charge in [0.15, 0.2) is 0 Å². The molecule has 1 aromatic rings. The Morgan fingerprint density at radius 2 is 2.17 bits per heavy atom. The van der Waals surface area contributed by atoms with Crippen molar-refractivity contribution in [3.05, 3.63) is 65.8 Å². The van der Waals surface area contributed by atoms with Crippen LogP contribution >= 0.6 is 0 Å². The van der Waals surface area contributed by atoms with Crippen LogP contribution in [-0.4, -0.2) is 13.1 Å². The second-order valence-electron chi connectivity index (χ2n) is 4.13. The van der Waals surface area contributed by atoms with E-state index in [-0.39, 0.29) is 5.92 Å². The first-order chi connectivity index (χ1) is 8.83. The van der Waals surface area contributed by atoms with Crippen molar-refractivity contribution < 1.29 is 9.53 Å². The van der Waals surface area contributed by atoms with Crippen LogP contribution in [0.4, 0.5) is 0 Å². The van der Waals surface area contributed by atoms with Gasteiger partial charge in [0.25, 0.3) is 6.47 Å². The van der Waals surface area contributed by atoms with Gasteiger partial charge in [0.2, 0.25) is 0 Å². The number of hydrogen-bond donors (Lipinski definition) is 0. The van der Waals surface area contributed by atoms with Crippen LogP contribution in [-0.2, 0) is 9.53 Å². The lowest BCUT2D eigenvalue weighted by molar-refractivity contribution is -0.128. The molecule has 1 aliphatic carbocycles. The van der Waals surface area contributed by atoms with E-state index >= 15 is 0 Å². The number of carbonyl (C=O) groups excluding carboxylic acids is 1. The minimum absolute atomic E-state index is 0.107. The van der Waals surface area contributed by atoms with Gasteiger partial charge < -0.3 is 4.74 Å². The highest BCUT2D eigenvalue weighted by atomic mass is 16.5. The Bertz CT molecular complexity index is 524. The first kappa shape index (κ1) is 12.4.